The molecule has 166 valence electrons. The van der Waals surface area contributed by atoms with Crippen molar-refractivity contribution in [2.75, 3.05) is 18.4 Å². The molecule has 1 atom stereocenters. The van der Waals surface area contributed by atoms with Crippen molar-refractivity contribution in [2.45, 2.75) is 63.5 Å². The van der Waals surface area contributed by atoms with E-state index in [1.165, 1.54) is 31.7 Å². The minimum atomic E-state index is -4.37. The van der Waals surface area contributed by atoms with E-state index in [2.05, 4.69) is 26.9 Å². The summed E-state index contributed by atoms with van der Waals surface area (Å²) in [7, 11) is 0. The van der Waals surface area contributed by atoms with Crippen LogP contribution in [0.2, 0.25) is 0 Å². The van der Waals surface area contributed by atoms with Crippen molar-refractivity contribution in [3.05, 3.63) is 41.6 Å². The van der Waals surface area contributed by atoms with Gasteiger partial charge in [-0.15, -0.1) is 0 Å². The van der Waals surface area contributed by atoms with E-state index in [1.807, 2.05) is 6.20 Å². The number of nitrogens with one attached hydrogen (secondary N) is 1. The average molecular weight is 433 g/mol. The Labute approximate surface area is 179 Å². The highest BCUT2D eigenvalue weighted by Crippen LogP contribution is 2.35. The Bertz CT molecular complexity index is 974. The minimum absolute atomic E-state index is 0.0708. The van der Waals surface area contributed by atoms with Crippen molar-refractivity contribution in [1.82, 2.24) is 14.7 Å². The van der Waals surface area contributed by atoms with Gasteiger partial charge in [-0.2, -0.15) is 18.3 Å². The van der Waals surface area contributed by atoms with Gasteiger partial charge < -0.3 is 10.1 Å². The fourth-order valence-corrected chi connectivity index (χ4v) is 4.62. The van der Waals surface area contributed by atoms with Gasteiger partial charge in [0.15, 0.2) is 0 Å². The molecule has 1 aromatic carbocycles. The van der Waals surface area contributed by atoms with Gasteiger partial charge in [0.25, 0.3) is 0 Å². The lowest BCUT2D eigenvalue weighted by Gasteiger charge is -2.43. The van der Waals surface area contributed by atoms with E-state index in [9.17, 15) is 13.2 Å². The first kappa shape index (κ1) is 20.4. The molecule has 0 bridgehead atoms. The molecule has 1 saturated carbocycles. The first-order chi connectivity index (χ1) is 14.9. The lowest BCUT2D eigenvalue weighted by Crippen LogP contribution is -2.60. The zero-order chi connectivity index (χ0) is 21.6. The molecule has 9 heteroatoms. The zero-order valence-corrected chi connectivity index (χ0v) is 17.4. The second-order valence-corrected chi connectivity index (χ2v) is 8.62. The minimum Gasteiger partial charge on any atom is -0.488 e. The molecule has 0 unspecified atom stereocenters. The summed E-state index contributed by atoms with van der Waals surface area (Å²) in [4.78, 5) is 6.92. The van der Waals surface area contributed by atoms with E-state index >= 15 is 0 Å². The van der Waals surface area contributed by atoms with Crippen LogP contribution in [0.3, 0.4) is 0 Å². The third kappa shape index (κ3) is 4.03. The number of aliphatic imine (C=N–C) groups is 1. The topological polar surface area (TPSA) is 54.7 Å². The fourth-order valence-electron chi connectivity index (χ4n) is 4.62. The Morgan fingerprint density at radius 2 is 1.97 bits per heavy atom. The van der Waals surface area contributed by atoms with E-state index < -0.39 is 11.7 Å². The molecule has 6 nitrogen and oxygen atoms in total. The van der Waals surface area contributed by atoms with Gasteiger partial charge in [0.1, 0.15) is 23.5 Å². The Morgan fingerprint density at radius 1 is 1.19 bits per heavy atom. The van der Waals surface area contributed by atoms with Gasteiger partial charge in [0.2, 0.25) is 0 Å². The number of halogens is 3. The van der Waals surface area contributed by atoms with Crippen molar-refractivity contribution in [3.63, 3.8) is 0 Å². The SMILES string of the molecule is C[C@H](C1=NCc2cnn(C3CCCC3)c2N1)N1CC(Oc2cccc(C(F)(F)F)c2)C1. The Balaban J connectivity index is 1.18. The van der Waals surface area contributed by atoms with E-state index in [4.69, 9.17) is 9.73 Å². The number of benzene rings is 1. The number of alkyl halides is 3. The van der Waals surface area contributed by atoms with E-state index in [0.717, 1.165) is 29.3 Å². The Morgan fingerprint density at radius 3 is 2.71 bits per heavy atom. The molecule has 0 amide bonds. The molecule has 0 spiro atoms. The molecule has 2 fully saturated rings. The van der Waals surface area contributed by atoms with Crippen LogP contribution >= 0.6 is 0 Å². The third-order valence-electron chi connectivity index (χ3n) is 6.49. The maximum atomic E-state index is 12.9. The Kier molecular flexibility index (Phi) is 5.16. The summed E-state index contributed by atoms with van der Waals surface area (Å²) >= 11 is 0. The number of amidine groups is 1. The molecule has 3 heterocycles. The van der Waals surface area contributed by atoms with Gasteiger partial charge in [-0.1, -0.05) is 18.9 Å². The number of hydrogen-bond donors (Lipinski definition) is 1. The number of anilines is 1. The maximum Gasteiger partial charge on any atom is 0.416 e. The number of ether oxygens (including phenoxy) is 1. The summed E-state index contributed by atoms with van der Waals surface area (Å²) in [5.74, 6) is 2.22. The molecule has 1 N–H and O–H groups in total. The number of rotatable bonds is 5. The summed E-state index contributed by atoms with van der Waals surface area (Å²) < 4.78 is 46.6. The first-order valence-electron chi connectivity index (χ1n) is 10.8. The number of aromatic nitrogens is 2. The molecular weight excluding hydrogens is 407 g/mol. The molecule has 1 saturated heterocycles. The van der Waals surface area contributed by atoms with Gasteiger partial charge in [0.05, 0.1) is 30.4 Å². The third-order valence-corrected chi connectivity index (χ3v) is 6.49. The predicted molar refractivity (Wildman–Crippen MR) is 111 cm³/mol. The maximum absolute atomic E-state index is 12.9. The smallest absolute Gasteiger partial charge is 0.416 e. The molecule has 1 aromatic heterocycles. The van der Waals surface area contributed by atoms with Gasteiger partial charge >= 0.3 is 6.18 Å². The number of hydrogen-bond acceptors (Lipinski definition) is 5. The van der Waals surface area contributed by atoms with Crippen LogP contribution in [0.1, 0.15) is 49.8 Å². The number of likely N-dealkylation sites (tertiary alicyclic amines) is 1. The molecule has 0 radical (unpaired) electrons. The van der Waals surface area contributed by atoms with Crippen LogP contribution in [0.5, 0.6) is 5.75 Å². The monoisotopic (exact) mass is 433 g/mol. The fraction of sp³-hybridized carbons (Fsp3) is 0.545. The second-order valence-electron chi connectivity index (χ2n) is 8.62. The normalized spacial score (nSPS) is 21.2. The summed E-state index contributed by atoms with van der Waals surface area (Å²) in [5, 5.41) is 8.11. The van der Waals surface area contributed by atoms with Crippen molar-refractivity contribution in [2.24, 2.45) is 4.99 Å². The van der Waals surface area contributed by atoms with Crippen molar-refractivity contribution in [3.8, 4) is 5.75 Å². The first-order valence-corrected chi connectivity index (χ1v) is 10.8. The summed E-state index contributed by atoms with van der Waals surface area (Å²) in [5.41, 5.74) is 0.433. The molecular formula is C22H26F3N5O. The molecule has 5 rings (SSSR count). The summed E-state index contributed by atoms with van der Waals surface area (Å²) in [6, 6.07) is 5.59. The van der Waals surface area contributed by atoms with Crippen molar-refractivity contribution in [1.29, 1.82) is 0 Å². The van der Waals surface area contributed by atoms with Crippen LogP contribution in [-0.2, 0) is 12.7 Å². The van der Waals surface area contributed by atoms with Crippen LogP contribution in [0, 0.1) is 0 Å². The summed E-state index contributed by atoms with van der Waals surface area (Å²) in [6.45, 7) is 4.00. The molecule has 1 aliphatic carbocycles. The van der Waals surface area contributed by atoms with Gasteiger partial charge in [-0.25, -0.2) is 4.68 Å². The molecule has 31 heavy (non-hydrogen) atoms. The van der Waals surface area contributed by atoms with E-state index in [0.29, 0.717) is 25.7 Å². The quantitative estimate of drug-likeness (QED) is 0.755. The lowest BCUT2D eigenvalue weighted by molar-refractivity contribution is -0.137. The highest BCUT2D eigenvalue weighted by Gasteiger charge is 2.36. The van der Waals surface area contributed by atoms with Crippen LogP contribution in [0.15, 0.2) is 35.5 Å². The van der Waals surface area contributed by atoms with Gasteiger partial charge in [0, 0.05) is 18.7 Å². The standard InChI is InChI=1S/C22H26F3N5O/c1-14(20-26-10-15-11-27-30(21(15)28-20)17-6-2-3-7-17)29-12-19(13-29)31-18-8-4-5-16(9-18)22(23,24)25/h4-5,8-9,11,14,17,19H,2-3,6-7,10,12-13H2,1H3,(H,26,28)/t14-/m1/s1. The molecule has 2 aliphatic heterocycles. The van der Waals surface area contributed by atoms with Crippen molar-refractivity contribution >= 4 is 11.7 Å². The summed E-state index contributed by atoms with van der Waals surface area (Å²) in [6.07, 6.45) is 2.24. The van der Waals surface area contributed by atoms with Crippen LogP contribution < -0.4 is 10.1 Å². The van der Waals surface area contributed by atoms with Gasteiger partial charge in [-0.05, 0) is 38.0 Å². The molecule has 2 aromatic rings. The molecule has 3 aliphatic rings. The van der Waals surface area contributed by atoms with Crippen LogP contribution in [-0.4, -0.2) is 45.8 Å². The van der Waals surface area contributed by atoms with Crippen molar-refractivity contribution < 1.29 is 17.9 Å². The zero-order valence-electron chi connectivity index (χ0n) is 17.4. The highest BCUT2D eigenvalue weighted by atomic mass is 19.4. The second kappa shape index (κ2) is 7.85. The van der Waals surface area contributed by atoms with Crippen LogP contribution in [0.25, 0.3) is 0 Å². The average Bonchev–Trinajstić information content (AvgIpc) is 3.38. The van der Waals surface area contributed by atoms with E-state index in [1.54, 1.807) is 6.07 Å². The number of nitrogens with zero attached hydrogens (tertiary/aromatic N) is 4. The highest BCUT2D eigenvalue weighted by molar-refractivity contribution is 6.00. The van der Waals surface area contributed by atoms with Crippen LogP contribution in [0.4, 0.5) is 19.0 Å². The Hall–Kier alpha value is -2.55. The largest absolute Gasteiger partial charge is 0.488 e. The lowest BCUT2D eigenvalue weighted by atomic mass is 10.1. The van der Waals surface area contributed by atoms with Gasteiger partial charge in [-0.3, -0.25) is 9.89 Å². The number of fused-ring (bicyclic) bond motifs is 1. The predicted octanol–water partition coefficient (Wildman–Crippen LogP) is 4.49. The van der Waals surface area contributed by atoms with E-state index in [-0.39, 0.29) is 17.9 Å².